The normalized spacial score (nSPS) is 12.5. The molecule has 0 aliphatic heterocycles. The number of carbonyl (C=O) groups is 1. The van der Waals surface area contributed by atoms with Gasteiger partial charge in [-0.3, -0.25) is 4.99 Å². The van der Waals surface area contributed by atoms with Crippen LogP contribution >= 0.6 is 11.8 Å². The number of amides is 1. The van der Waals surface area contributed by atoms with Crippen LogP contribution < -0.4 is 16.0 Å². The Hall–Kier alpha value is -1.89. The molecular weight excluding hydrogens is 348 g/mol. The van der Waals surface area contributed by atoms with Crippen LogP contribution in [0.5, 0.6) is 0 Å². The molecule has 6 nitrogen and oxygen atoms in total. The van der Waals surface area contributed by atoms with E-state index in [4.69, 9.17) is 4.74 Å². The lowest BCUT2D eigenvalue weighted by molar-refractivity contribution is 0.0474. The van der Waals surface area contributed by atoms with Gasteiger partial charge in [-0.25, -0.2) is 4.79 Å². The van der Waals surface area contributed by atoms with Gasteiger partial charge in [-0.1, -0.05) is 12.1 Å². The minimum absolute atomic E-state index is 0.430. The van der Waals surface area contributed by atoms with Gasteiger partial charge in [-0.15, -0.1) is 11.8 Å². The van der Waals surface area contributed by atoms with Crippen molar-refractivity contribution in [2.75, 3.05) is 19.8 Å². The number of alkyl carbamates (subject to hydrolysis) is 1. The smallest absolute Gasteiger partial charge is 0.408 e. The zero-order chi connectivity index (χ0) is 19.8. The first-order chi connectivity index (χ1) is 12.0. The summed E-state index contributed by atoms with van der Waals surface area (Å²) >= 11 is 1.72. The Labute approximate surface area is 161 Å². The molecule has 0 bridgehead atoms. The van der Waals surface area contributed by atoms with E-state index in [1.807, 2.05) is 34.6 Å². The monoisotopic (exact) mass is 380 g/mol. The standard InChI is InChI=1S/C19H32N4O2S/c1-18(2,3)25-17(24)23-19(4,5)13-22-16(20-6)21-12-14-8-10-15(26-7)11-9-14/h8-11H,12-13H2,1-7H3,(H,23,24)(H2,20,21,22). The largest absolute Gasteiger partial charge is 0.444 e. The van der Waals surface area contributed by atoms with Crippen LogP contribution in [0.4, 0.5) is 4.79 Å². The van der Waals surface area contributed by atoms with E-state index in [-0.39, 0.29) is 0 Å². The van der Waals surface area contributed by atoms with E-state index in [9.17, 15) is 4.79 Å². The first-order valence-electron chi connectivity index (χ1n) is 8.63. The maximum absolute atomic E-state index is 11.9. The van der Waals surface area contributed by atoms with Gasteiger partial charge in [0.25, 0.3) is 0 Å². The average molecular weight is 381 g/mol. The molecule has 0 aromatic heterocycles. The Morgan fingerprint density at radius 3 is 2.23 bits per heavy atom. The molecule has 0 aliphatic rings. The SMILES string of the molecule is CN=C(NCc1ccc(SC)cc1)NCC(C)(C)NC(=O)OC(C)(C)C. The minimum Gasteiger partial charge on any atom is -0.444 e. The lowest BCUT2D eigenvalue weighted by atomic mass is 10.1. The maximum Gasteiger partial charge on any atom is 0.408 e. The number of benzene rings is 1. The number of ether oxygens (including phenoxy) is 1. The second kappa shape index (κ2) is 9.71. The Morgan fingerprint density at radius 1 is 1.12 bits per heavy atom. The fraction of sp³-hybridized carbons (Fsp3) is 0.579. The molecule has 0 radical (unpaired) electrons. The predicted molar refractivity (Wildman–Crippen MR) is 110 cm³/mol. The van der Waals surface area contributed by atoms with Crippen LogP contribution in [-0.4, -0.2) is 43.0 Å². The highest BCUT2D eigenvalue weighted by atomic mass is 32.2. The molecule has 1 aromatic carbocycles. The second-order valence-corrected chi connectivity index (χ2v) is 8.52. The number of carbonyl (C=O) groups excluding carboxylic acids is 1. The number of hydrogen-bond acceptors (Lipinski definition) is 4. The summed E-state index contributed by atoms with van der Waals surface area (Å²) in [6, 6.07) is 8.40. The number of hydrogen-bond donors (Lipinski definition) is 3. The highest BCUT2D eigenvalue weighted by Crippen LogP contribution is 2.14. The molecule has 0 unspecified atom stereocenters. The number of aliphatic imine (C=N–C) groups is 1. The first-order valence-corrected chi connectivity index (χ1v) is 9.86. The summed E-state index contributed by atoms with van der Waals surface area (Å²) in [5, 5.41) is 9.38. The summed E-state index contributed by atoms with van der Waals surface area (Å²) in [6.45, 7) is 10.6. The molecule has 1 rings (SSSR count). The van der Waals surface area contributed by atoms with Gasteiger partial charge in [-0.05, 0) is 58.6 Å². The third kappa shape index (κ3) is 8.99. The Morgan fingerprint density at radius 2 is 1.73 bits per heavy atom. The van der Waals surface area contributed by atoms with Gasteiger partial charge < -0.3 is 20.7 Å². The third-order valence-electron chi connectivity index (χ3n) is 3.38. The van der Waals surface area contributed by atoms with Gasteiger partial charge in [0.1, 0.15) is 5.60 Å². The zero-order valence-corrected chi connectivity index (χ0v) is 17.7. The minimum atomic E-state index is -0.517. The zero-order valence-electron chi connectivity index (χ0n) is 16.9. The van der Waals surface area contributed by atoms with Crippen molar-refractivity contribution >= 4 is 23.8 Å². The maximum atomic E-state index is 11.9. The molecule has 0 atom stereocenters. The van der Waals surface area contributed by atoms with E-state index in [2.05, 4.69) is 51.5 Å². The highest BCUT2D eigenvalue weighted by Gasteiger charge is 2.24. The highest BCUT2D eigenvalue weighted by molar-refractivity contribution is 7.98. The van der Waals surface area contributed by atoms with Crippen LogP contribution in [-0.2, 0) is 11.3 Å². The Balaban J connectivity index is 2.47. The van der Waals surface area contributed by atoms with Crippen LogP contribution in [0, 0.1) is 0 Å². The van der Waals surface area contributed by atoms with E-state index in [1.165, 1.54) is 10.5 Å². The van der Waals surface area contributed by atoms with Gasteiger partial charge in [-0.2, -0.15) is 0 Å². The molecule has 0 aliphatic carbocycles. The molecule has 146 valence electrons. The van der Waals surface area contributed by atoms with Crippen molar-refractivity contribution < 1.29 is 9.53 Å². The molecular formula is C19H32N4O2S. The van der Waals surface area contributed by atoms with Gasteiger partial charge >= 0.3 is 6.09 Å². The van der Waals surface area contributed by atoms with Crippen molar-refractivity contribution in [2.24, 2.45) is 4.99 Å². The molecule has 7 heteroatoms. The summed E-state index contributed by atoms with van der Waals surface area (Å²) in [7, 11) is 1.72. The number of guanidine groups is 1. The van der Waals surface area contributed by atoms with E-state index in [0.717, 1.165) is 0 Å². The third-order valence-corrected chi connectivity index (χ3v) is 4.12. The van der Waals surface area contributed by atoms with E-state index >= 15 is 0 Å². The average Bonchev–Trinajstić information content (AvgIpc) is 2.53. The van der Waals surface area contributed by atoms with Crippen LogP contribution in [0.15, 0.2) is 34.2 Å². The van der Waals surface area contributed by atoms with Crippen LogP contribution in [0.3, 0.4) is 0 Å². The topological polar surface area (TPSA) is 74.8 Å². The van der Waals surface area contributed by atoms with Crippen molar-refractivity contribution in [3.63, 3.8) is 0 Å². The molecule has 0 fully saturated rings. The number of rotatable bonds is 6. The summed E-state index contributed by atoms with van der Waals surface area (Å²) in [6.07, 6.45) is 1.63. The molecule has 1 aromatic rings. The fourth-order valence-corrected chi connectivity index (χ4v) is 2.49. The van der Waals surface area contributed by atoms with Crippen molar-refractivity contribution in [3.05, 3.63) is 29.8 Å². The molecule has 0 spiro atoms. The van der Waals surface area contributed by atoms with Crippen molar-refractivity contribution in [3.8, 4) is 0 Å². The van der Waals surface area contributed by atoms with Crippen molar-refractivity contribution in [2.45, 2.75) is 57.2 Å². The van der Waals surface area contributed by atoms with Gasteiger partial charge in [0.15, 0.2) is 5.96 Å². The first kappa shape index (κ1) is 22.2. The van der Waals surface area contributed by atoms with Crippen molar-refractivity contribution in [1.29, 1.82) is 0 Å². The van der Waals surface area contributed by atoms with Gasteiger partial charge in [0.2, 0.25) is 0 Å². The van der Waals surface area contributed by atoms with Gasteiger partial charge in [0, 0.05) is 25.0 Å². The van der Waals surface area contributed by atoms with E-state index < -0.39 is 17.2 Å². The predicted octanol–water partition coefficient (Wildman–Crippen LogP) is 3.38. The summed E-state index contributed by atoms with van der Waals surface area (Å²) in [5.41, 5.74) is 0.175. The van der Waals surface area contributed by atoms with Gasteiger partial charge in [0.05, 0.1) is 5.54 Å². The van der Waals surface area contributed by atoms with Crippen LogP contribution in [0.1, 0.15) is 40.2 Å². The van der Waals surface area contributed by atoms with Crippen LogP contribution in [0.25, 0.3) is 0 Å². The lowest BCUT2D eigenvalue weighted by Gasteiger charge is -2.29. The summed E-state index contributed by atoms with van der Waals surface area (Å²) in [5.74, 6) is 0.679. The quantitative estimate of drug-likeness (QED) is 0.401. The Bertz CT molecular complexity index is 607. The molecule has 0 heterocycles. The number of nitrogens with one attached hydrogen (secondary N) is 3. The Kier molecular flexibility index (Phi) is 8.27. The molecule has 26 heavy (non-hydrogen) atoms. The summed E-state index contributed by atoms with van der Waals surface area (Å²) < 4.78 is 5.31. The molecule has 3 N–H and O–H groups in total. The van der Waals surface area contributed by atoms with Crippen molar-refractivity contribution in [1.82, 2.24) is 16.0 Å². The fourth-order valence-electron chi connectivity index (χ4n) is 2.08. The van der Waals surface area contributed by atoms with E-state index in [0.29, 0.717) is 19.0 Å². The lowest BCUT2D eigenvalue weighted by Crippen LogP contribution is -2.54. The van der Waals surface area contributed by atoms with E-state index in [1.54, 1.807) is 18.8 Å². The van der Waals surface area contributed by atoms with Crippen LogP contribution in [0.2, 0.25) is 0 Å². The number of nitrogens with zero attached hydrogens (tertiary/aromatic N) is 1. The molecule has 0 saturated heterocycles. The second-order valence-electron chi connectivity index (χ2n) is 7.64. The molecule has 1 amide bonds. The molecule has 0 saturated carbocycles. The number of thioether (sulfide) groups is 1. The summed E-state index contributed by atoms with van der Waals surface area (Å²) in [4.78, 5) is 17.4.